The smallest absolute Gasteiger partial charge is 0.259 e. The average molecular weight is 320 g/mol. The minimum absolute atomic E-state index is 0.0371. The van der Waals surface area contributed by atoms with Crippen LogP contribution in [0.15, 0.2) is 24.5 Å². The van der Waals surface area contributed by atoms with Crippen LogP contribution in [0, 0.1) is 6.92 Å². The fourth-order valence-corrected chi connectivity index (χ4v) is 3.01. The second-order valence-electron chi connectivity index (χ2n) is 5.36. The second kappa shape index (κ2) is 5.96. The van der Waals surface area contributed by atoms with E-state index >= 15 is 0 Å². The Labute approximate surface area is 134 Å². The minimum Gasteiger partial charge on any atom is -0.368 e. The summed E-state index contributed by atoms with van der Waals surface area (Å²) in [6.07, 6.45) is 3.57. The molecule has 0 saturated carbocycles. The number of rotatable bonds is 2. The van der Waals surface area contributed by atoms with Gasteiger partial charge >= 0.3 is 0 Å². The number of aryl methyl sites for hydroxylation is 2. The predicted octanol–water partition coefficient (Wildman–Crippen LogP) is 1.74. The van der Waals surface area contributed by atoms with E-state index in [0.29, 0.717) is 29.5 Å². The Hall–Kier alpha value is -2.08. The van der Waals surface area contributed by atoms with Gasteiger partial charge in [-0.3, -0.25) is 14.5 Å². The standard InChI is InChI=1S/C15H18ClN5O/c1-11-13(14(16)19(2)18-11)15(22)21-9-7-20(8-10-21)12-3-5-17-6-4-12/h3-6H,7-10H2,1-2H3. The normalized spacial score (nSPS) is 15.2. The zero-order valence-corrected chi connectivity index (χ0v) is 13.4. The van der Waals surface area contributed by atoms with Gasteiger partial charge in [0.2, 0.25) is 0 Å². The van der Waals surface area contributed by atoms with Crippen molar-refractivity contribution in [2.45, 2.75) is 6.92 Å². The molecule has 0 unspecified atom stereocenters. The van der Waals surface area contributed by atoms with Gasteiger partial charge in [0.15, 0.2) is 0 Å². The number of anilines is 1. The number of piperazine rings is 1. The van der Waals surface area contributed by atoms with Crippen LogP contribution in [0.3, 0.4) is 0 Å². The van der Waals surface area contributed by atoms with Crippen LogP contribution in [0.4, 0.5) is 5.69 Å². The molecule has 0 spiro atoms. The van der Waals surface area contributed by atoms with Crippen LogP contribution in [-0.2, 0) is 7.05 Å². The van der Waals surface area contributed by atoms with Crippen LogP contribution in [-0.4, -0.2) is 51.8 Å². The van der Waals surface area contributed by atoms with E-state index in [-0.39, 0.29) is 5.91 Å². The maximum absolute atomic E-state index is 12.7. The maximum atomic E-state index is 12.7. The van der Waals surface area contributed by atoms with E-state index in [9.17, 15) is 4.79 Å². The number of nitrogens with zero attached hydrogens (tertiary/aromatic N) is 5. The lowest BCUT2D eigenvalue weighted by Gasteiger charge is -2.36. The molecule has 116 valence electrons. The third-order valence-electron chi connectivity index (χ3n) is 3.96. The highest BCUT2D eigenvalue weighted by molar-refractivity contribution is 6.33. The zero-order chi connectivity index (χ0) is 15.7. The van der Waals surface area contributed by atoms with Crippen molar-refractivity contribution in [3.05, 3.63) is 40.9 Å². The quantitative estimate of drug-likeness (QED) is 0.846. The first kappa shape index (κ1) is 14.8. The number of hydrogen-bond acceptors (Lipinski definition) is 4. The molecular formula is C15H18ClN5O. The van der Waals surface area contributed by atoms with Gasteiger partial charge in [-0.1, -0.05) is 11.6 Å². The van der Waals surface area contributed by atoms with Gasteiger partial charge in [0, 0.05) is 51.3 Å². The summed E-state index contributed by atoms with van der Waals surface area (Å²) < 4.78 is 1.54. The van der Waals surface area contributed by atoms with Crippen LogP contribution >= 0.6 is 11.6 Å². The first-order valence-corrected chi connectivity index (χ1v) is 7.59. The van der Waals surface area contributed by atoms with Gasteiger partial charge in [0.05, 0.1) is 11.3 Å². The Kier molecular flexibility index (Phi) is 4.02. The van der Waals surface area contributed by atoms with Crippen molar-refractivity contribution in [1.82, 2.24) is 19.7 Å². The maximum Gasteiger partial charge on any atom is 0.259 e. The van der Waals surface area contributed by atoms with E-state index in [0.717, 1.165) is 18.8 Å². The first-order chi connectivity index (χ1) is 10.6. The highest BCUT2D eigenvalue weighted by atomic mass is 35.5. The SMILES string of the molecule is Cc1nn(C)c(Cl)c1C(=O)N1CCN(c2ccncc2)CC1. The number of aromatic nitrogens is 3. The van der Waals surface area contributed by atoms with Gasteiger partial charge in [-0.2, -0.15) is 5.10 Å². The lowest BCUT2D eigenvalue weighted by Crippen LogP contribution is -2.49. The van der Waals surface area contributed by atoms with E-state index in [1.807, 2.05) is 24.0 Å². The lowest BCUT2D eigenvalue weighted by atomic mass is 10.2. The van der Waals surface area contributed by atoms with Crippen molar-refractivity contribution in [1.29, 1.82) is 0 Å². The van der Waals surface area contributed by atoms with Gasteiger partial charge < -0.3 is 9.80 Å². The lowest BCUT2D eigenvalue weighted by molar-refractivity contribution is 0.0746. The van der Waals surface area contributed by atoms with Gasteiger partial charge in [0.1, 0.15) is 5.15 Å². The highest BCUT2D eigenvalue weighted by Crippen LogP contribution is 2.22. The molecule has 1 saturated heterocycles. The fourth-order valence-electron chi connectivity index (χ4n) is 2.75. The molecule has 7 heteroatoms. The number of hydrogen-bond donors (Lipinski definition) is 0. The molecule has 0 N–H and O–H groups in total. The molecule has 6 nitrogen and oxygen atoms in total. The molecule has 22 heavy (non-hydrogen) atoms. The topological polar surface area (TPSA) is 54.3 Å². The van der Waals surface area contributed by atoms with Gasteiger partial charge in [0.25, 0.3) is 5.91 Å². The molecular weight excluding hydrogens is 302 g/mol. The van der Waals surface area contributed by atoms with Crippen molar-refractivity contribution >= 4 is 23.2 Å². The Morgan fingerprint density at radius 3 is 2.36 bits per heavy atom. The third kappa shape index (κ3) is 2.66. The molecule has 2 aromatic heterocycles. The van der Waals surface area contributed by atoms with Crippen molar-refractivity contribution in [2.24, 2.45) is 7.05 Å². The number of carbonyl (C=O) groups is 1. The Balaban J connectivity index is 1.70. The van der Waals surface area contributed by atoms with Gasteiger partial charge in [-0.25, -0.2) is 0 Å². The van der Waals surface area contributed by atoms with E-state index in [4.69, 9.17) is 11.6 Å². The van der Waals surface area contributed by atoms with Gasteiger partial charge in [-0.15, -0.1) is 0 Å². The van der Waals surface area contributed by atoms with E-state index in [1.165, 1.54) is 4.68 Å². The number of halogens is 1. The molecule has 0 aromatic carbocycles. The second-order valence-corrected chi connectivity index (χ2v) is 5.72. The molecule has 0 bridgehead atoms. The van der Waals surface area contributed by atoms with E-state index in [2.05, 4.69) is 15.0 Å². The molecule has 1 amide bonds. The summed E-state index contributed by atoms with van der Waals surface area (Å²) in [6.45, 7) is 4.75. The van der Waals surface area contributed by atoms with Crippen LogP contribution in [0.1, 0.15) is 16.1 Å². The van der Waals surface area contributed by atoms with Crippen LogP contribution in [0.5, 0.6) is 0 Å². The van der Waals surface area contributed by atoms with Crippen LogP contribution < -0.4 is 4.90 Å². The Morgan fingerprint density at radius 1 is 1.18 bits per heavy atom. The third-order valence-corrected chi connectivity index (χ3v) is 4.39. The summed E-state index contributed by atoms with van der Waals surface area (Å²) in [5, 5.41) is 4.61. The molecule has 3 heterocycles. The predicted molar refractivity (Wildman–Crippen MR) is 85.3 cm³/mol. The number of amides is 1. The first-order valence-electron chi connectivity index (χ1n) is 7.21. The highest BCUT2D eigenvalue weighted by Gasteiger charge is 2.27. The van der Waals surface area contributed by atoms with E-state index < -0.39 is 0 Å². The van der Waals surface area contributed by atoms with Crippen LogP contribution in [0.25, 0.3) is 0 Å². The van der Waals surface area contributed by atoms with Crippen molar-refractivity contribution in [2.75, 3.05) is 31.1 Å². The Morgan fingerprint density at radius 2 is 1.82 bits per heavy atom. The largest absolute Gasteiger partial charge is 0.368 e. The minimum atomic E-state index is -0.0371. The zero-order valence-electron chi connectivity index (χ0n) is 12.7. The summed E-state index contributed by atoms with van der Waals surface area (Å²) in [5.41, 5.74) is 2.33. The van der Waals surface area contributed by atoms with Crippen molar-refractivity contribution in [3.63, 3.8) is 0 Å². The summed E-state index contributed by atoms with van der Waals surface area (Å²) in [6, 6.07) is 3.97. The molecule has 1 fully saturated rings. The summed E-state index contributed by atoms with van der Waals surface area (Å²) in [4.78, 5) is 20.8. The summed E-state index contributed by atoms with van der Waals surface area (Å²) in [7, 11) is 1.74. The van der Waals surface area contributed by atoms with Crippen molar-refractivity contribution in [3.8, 4) is 0 Å². The number of carbonyl (C=O) groups excluding carboxylic acids is 1. The molecule has 0 atom stereocenters. The molecule has 1 aliphatic rings. The molecule has 0 aliphatic carbocycles. The Bertz CT molecular complexity index is 677. The summed E-state index contributed by atoms with van der Waals surface area (Å²) in [5.74, 6) is -0.0371. The summed E-state index contributed by atoms with van der Waals surface area (Å²) >= 11 is 6.19. The van der Waals surface area contributed by atoms with Gasteiger partial charge in [-0.05, 0) is 19.1 Å². The average Bonchev–Trinajstić information content (AvgIpc) is 2.80. The van der Waals surface area contributed by atoms with Crippen LogP contribution in [0.2, 0.25) is 5.15 Å². The van der Waals surface area contributed by atoms with Crippen molar-refractivity contribution < 1.29 is 4.79 Å². The monoisotopic (exact) mass is 319 g/mol. The molecule has 3 rings (SSSR count). The molecule has 0 radical (unpaired) electrons. The fraction of sp³-hybridized carbons (Fsp3) is 0.400. The van der Waals surface area contributed by atoms with E-state index in [1.54, 1.807) is 19.4 Å². The molecule has 1 aliphatic heterocycles. The molecule has 2 aromatic rings. The number of pyridine rings is 1.